The maximum Gasteiger partial charge on any atom is 0.192 e. The fourth-order valence-corrected chi connectivity index (χ4v) is 7.13. The third kappa shape index (κ3) is 5.44. The van der Waals surface area contributed by atoms with Crippen LogP contribution in [0.3, 0.4) is 0 Å². The summed E-state index contributed by atoms with van der Waals surface area (Å²) < 4.78 is 7.75. The highest BCUT2D eigenvalue weighted by atomic mass is 32.2. The van der Waals surface area contributed by atoms with Gasteiger partial charge in [-0.1, -0.05) is 38.5 Å². The molecule has 30 heavy (non-hydrogen) atoms. The minimum atomic E-state index is 0.102. The normalized spacial score (nSPS) is 32.7. The second kappa shape index (κ2) is 10.9. The van der Waals surface area contributed by atoms with Crippen molar-refractivity contribution in [2.75, 3.05) is 14.2 Å². The zero-order valence-corrected chi connectivity index (χ0v) is 20.5. The first-order chi connectivity index (χ1) is 14.7. The molecule has 1 saturated heterocycles. The molecule has 0 aromatic rings. The van der Waals surface area contributed by atoms with Crippen molar-refractivity contribution in [1.29, 1.82) is 0 Å². The van der Waals surface area contributed by atoms with Crippen LogP contribution in [0.4, 0.5) is 0 Å². The quantitative estimate of drug-likeness (QED) is 0.264. The highest BCUT2D eigenvalue weighted by molar-refractivity contribution is 7.99. The largest absolute Gasteiger partial charge is 0.381 e. The van der Waals surface area contributed by atoms with E-state index >= 15 is 0 Å². The van der Waals surface area contributed by atoms with Crippen LogP contribution in [-0.4, -0.2) is 58.0 Å². The summed E-state index contributed by atoms with van der Waals surface area (Å²) in [5.41, 5.74) is 0.102. The molecule has 0 amide bonds. The molecular formula is C23H40N4OS2. The summed E-state index contributed by atoms with van der Waals surface area (Å²) in [6.45, 7) is 0. The Morgan fingerprint density at radius 1 is 0.967 bits per heavy atom. The van der Waals surface area contributed by atoms with Crippen molar-refractivity contribution in [2.24, 2.45) is 10.9 Å². The van der Waals surface area contributed by atoms with Gasteiger partial charge in [-0.3, -0.25) is 4.31 Å². The van der Waals surface area contributed by atoms with Crippen LogP contribution < -0.4 is 5.32 Å². The molecule has 1 heterocycles. The maximum absolute atomic E-state index is 5.85. The summed E-state index contributed by atoms with van der Waals surface area (Å²) in [5, 5.41) is 4.92. The molecule has 1 atom stereocenters. The molecule has 4 fully saturated rings. The fraction of sp³-hybridized carbons (Fsp3) is 0.913. The lowest BCUT2D eigenvalue weighted by atomic mass is 9.87. The molecule has 0 radical (unpaired) electrons. The second-order valence-electron chi connectivity index (χ2n) is 9.61. The van der Waals surface area contributed by atoms with Gasteiger partial charge in [0.15, 0.2) is 10.6 Å². The first-order valence-electron chi connectivity index (χ1n) is 12.3. The van der Waals surface area contributed by atoms with Crippen LogP contribution in [0, 0.1) is 5.92 Å². The number of hydrogen-bond donors (Lipinski definition) is 1. The summed E-state index contributed by atoms with van der Waals surface area (Å²) in [6.07, 6.45) is 18.3. The van der Waals surface area contributed by atoms with Crippen LogP contribution >= 0.6 is 24.2 Å². The van der Waals surface area contributed by atoms with Crippen molar-refractivity contribution >= 4 is 35.1 Å². The minimum Gasteiger partial charge on any atom is -0.381 e. The minimum absolute atomic E-state index is 0.102. The third-order valence-corrected chi connectivity index (χ3v) is 9.16. The number of nitrogens with one attached hydrogen (secondary N) is 1. The Balaban J connectivity index is 1.51. The predicted molar refractivity (Wildman–Crippen MR) is 131 cm³/mol. The summed E-state index contributed by atoms with van der Waals surface area (Å²) in [4.78, 5) is 7.89. The van der Waals surface area contributed by atoms with E-state index < -0.39 is 0 Å². The van der Waals surface area contributed by atoms with Gasteiger partial charge in [-0.05, 0) is 63.6 Å². The Bertz CT molecular complexity index is 596. The van der Waals surface area contributed by atoms with Crippen LogP contribution in [0.15, 0.2) is 4.99 Å². The van der Waals surface area contributed by atoms with E-state index in [2.05, 4.69) is 21.6 Å². The molecule has 1 aliphatic heterocycles. The van der Waals surface area contributed by atoms with Gasteiger partial charge in [-0.15, -0.1) is 0 Å². The molecule has 0 bridgehead atoms. The standard InChI is InChI=1S/C23H40N4OS2/c1-26-23(29)27(19-11-7-4-8-12-19)22(30-26)25-21(17-9-5-3-6-10-17)24-18-13-15-20(28-2)16-14-18/h17-20,22H,3-16H2,1-2H3,(H,24,25). The molecule has 0 spiro atoms. The smallest absolute Gasteiger partial charge is 0.192 e. The number of rotatable bonds is 5. The first-order valence-corrected chi connectivity index (χ1v) is 13.5. The summed E-state index contributed by atoms with van der Waals surface area (Å²) in [5.74, 6) is 1.86. The number of amidine groups is 1. The molecular weight excluding hydrogens is 412 g/mol. The van der Waals surface area contributed by atoms with Crippen molar-refractivity contribution < 1.29 is 4.74 Å². The van der Waals surface area contributed by atoms with E-state index in [0.29, 0.717) is 24.1 Å². The number of nitrogens with zero attached hydrogens (tertiary/aromatic N) is 3. The van der Waals surface area contributed by atoms with Crippen LogP contribution in [-0.2, 0) is 4.74 Å². The van der Waals surface area contributed by atoms with Crippen molar-refractivity contribution in [2.45, 2.75) is 114 Å². The topological polar surface area (TPSA) is 40.1 Å². The monoisotopic (exact) mass is 452 g/mol. The van der Waals surface area contributed by atoms with Crippen LogP contribution in [0.2, 0.25) is 0 Å². The Morgan fingerprint density at radius 2 is 1.60 bits per heavy atom. The molecule has 5 nitrogen and oxygen atoms in total. The van der Waals surface area contributed by atoms with E-state index in [4.69, 9.17) is 21.9 Å². The molecule has 1 unspecified atom stereocenters. The predicted octanol–water partition coefficient (Wildman–Crippen LogP) is 5.31. The Kier molecular flexibility index (Phi) is 8.20. The van der Waals surface area contributed by atoms with Gasteiger partial charge in [0.1, 0.15) is 5.84 Å². The summed E-state index contributed by atoms with van der Waals surface area (Å²) >= 11 is 7.65. The lowest BCUT2D eigenvalue weighted by molar-refractivity contribution is 0.0644. The Morgan fingerprint density at radius 3 is 2.23 bits per heavy atom. The van der Waals surface area contributed by atoms with Gasteiger partial charge >= 0.3 is 0 Å². The van der Waals surface area contributed by atoms with Gasteiger partial charge in [0, 0.05) is 44.1 Å². The Hall–Kier alpha value is -0.530. The molecule has 4 rings (SSSR count). The number of hydrogen-bond acceptors (Lipinski definition) is 4. The van der Waals surface area contributed by atoms with Crippen molar-refractivity contribution in [3.63, 3.8) is 0 Å². The van der Waals surface area contributed by atoms with Crippen molar-refractivity contribution in [3.8, 4) is 0 Å². The number of ether oxygens (including phenoxy) is 1. The van der Waals surface area contributed by atoms with E-state index in [9.17, 15) is 0 Å². The van der Waals surface area contributed by atoms with E-state index in [1.807, 2.05) is 7.11 Å². The summed E-state index contributed by atoms with van der Waals surface area (Å²) in [7, 11) is 3.96. The SMILES string of the molecule is COC1CCC(NC(=NC2SN(C)C(=S)N2C2CCCCC2)C2CCCCC2)CC1. The molecule has 7 heteroatoms. The number of methoxy groups -OCH3 is 1. The zero-order chi connectivity index (χ0) is 20.9. The Labute approximate surface area is 192 Å². The van der Waals surface area contributed by atoms with Crippen molar-refractivity contribution in [3.05, 3.63) is 0 Å². The van der Waals surface area contributed by atoms with Gasteiger partial charge < -0.3 is 15.0 Å². The van der Waals surface area contributed by atoms with Crippen LogP contribution in [0.5, 0.6) is 0 Å². The van der Waals surface area contributed by atoms with Crippen LogP contribution in [0.1, 0.15) is 89.9 Å². The molecule has 170 valence electrons. The van der Waals surface area contributed by atoms with E-state index in [1.54, 1.807) is 11.9 Å². The third-order valence-electron chi connectivity index (χ3n) is 7.55. The molecule has 1 N–H and O–H groups in total. The first kappa shape index (κ1) is 22.7. The van der Waals surface area contributed by atoms with Gasteiger partial charge in [-0.2, -0.15) is 0 Å². The maximum atomic E-state index is 5.85. The van der Waals surface area contributed by atoms with Crippen molar-refractivity contribution in [1.82, 2.24) is 14.5 Å². The lowest BCUT2D eigenvalue weighted by Crippen LogP contribution is -2.46. The number of thiocarbonyl (C=S) groups is 1. The summed E-state index contributed by atoms with van der Waals surface area (Å²) in [6, 6.07) is 1.10. The lowest BCUT2D eigenvalue weighted by Gasteiger charge is -2.36. The average Bonchev–Trinajstić information content (AvgIpc) is 3.08. The molecule has 4 aliphatic rings. The second-order valence-corrected chi connectivity index (χ2v) is 11.2. The highest BCUT2D eigenvalue weighted by Gasteiger charge is 2.39. The van der Waals surface area contributed by atoms with Gasteiger partial charge in [0.05, 0.1) is 6.10 Å². The molecule has 0 aromatic carbocycles. The van der Waals surface area contributed by atoms with Gasteiger partial charge in [0.25, 0.3) is 0 Å². The molecule has 3 saturated carbocycles. The van der Waals surface area contributed by atoms with Gasteiger partial charge in [0.2, 0.25) is 0 Å². The van der Waals surface area contributed by atoms with Crippen LogP contribution in [0.25, 0.3) is 0 Å². The van der Waals surface area contributed by atoms with E-state index in [-0.39, 0.29) is 5.50 Å². The van der Waals surface area contributed by atoms with E-state index in [1.165, 1.54) is 82.9 Å². The zero-order valence-electron chi connectivity index (χ0n) is 18.9. The van der Waals surface area contributed by atoms with Gasteiger partial charge in [-0.25, -0.2) is 4.99 Å². The molecule has 0 aromatic heterocycles. The van der Waals surface area contributed by atoms with E-state index in [0.717, 1.165) is 18.0 Å². The highest BCUT2D eigenvalue weighted by Crippen LogP contribution is 2.37. The number of aliphatic imine (C=N–C) groups is 1. The fourth-order valence-electron chi connectivity index (χ4n) is 5.68. The average molecular weight is 453 g/mol. The molecule has 3 aliphatic carbocycles.